The minimum absolute atomic E-state index is 0.0470. The van der Waals surface area contributed by atoms with Crippen LogP contribution in [0, 0.1) is 35.4 Å². The number of ether oxygens (including phenoxy) is 1. The van der Waals surface area contributed by atoms with Crippen molar-refractivity contribution >= 4 is 44.5 Å². The van der Waals surface area contributed by atoms with Gasteiger partial charge in [0, 0.05) is 28.4 Å². The van der Waals surface area contributed by atoms with Crippen molar-refractivity contribution in [2.24, 2.45) is 0 Å². The number of carboxylic acid groups (broad SMARTS) is 2. The van der Waals surface area contributed by atoms with Crippen molar-refractivity contribution < 1.29 is 55.3 Å². The van der Waals surface area contributed by atoms with Gasteiger partial charge in [-0.25, -0.2) is 19.0 Å². The summed E-state index contributed by atoms with van der Waals surface area (Å²) in [7, 11) is 2.10. The zero-order valence-electron chi connectivity index (χ0n) is 31.0. The van der Waals surface area contributed by atoms with E-state index in [9.17, 15) is 36.9 Å². The zero-order chi connectivity index (χ0) is 42.5. The van der Waals surface area contributed by atoms with Crippen molar-refractivity contribution in [3.05, 3.63) is 65.6 Å². The van der Waals surface area contributed by atoms with Gasteiger partial charge < -0.3 is 25.2 Å². The van der Waals surface area contributed by atoms with Gasteiger partial charge in [-0.1, -0.05) is 30.3 Å². The molecule has 0 radical (unpaired) electrons. The van der Waals surface area contributed by atoms with E-state index >= 15 is 4.39 Å². The quantitative estimate of drug-likeness (QED) is 0.143. The molecule has 2 aliphatic rings. The largest absolute Gasteiger partial charge is 0.490 e. The predicted molar refractivity (Wildman–Crippen MR) is 196 cm³/mol. The number of aliphatic carboxylic acids is 2. The Hall–Kier alpha value is -6.05. The molecular formula is C39H36F7N7O5. The lowest BCUT2D eigenvalue weighted by molar-refractivity contribution is -0.193. The Kier molecular flexibility index (Phi) is 13.1. The van der Waals surface area contributed by atoms with Crippen LogP contribution in [0.3, 0.4) is 0 Å². The number of halogens is 7. The molecule has 306 valence electrons. The molecule has 19 heteroatoms. The molecule has 0 bridgehead atoms. The van der Waals surface area contributed by atoms with Crippen molar-refractivity contribution in [1.29, 1.82) is 10.5 Å². The molecule has 12 nitrogen and oxygen atoms in total. The Balaban J connectivity index is 0.000000393. The monoisotopic (exact) mass is 815 g/mol. The number of likely N-dealkylation sites (tertiary alicyclic amines) is 1. The summed E-state index contributed by atoms with van der Waals surface area (Å²) < 4.78 is 88.9. The highest BCUT2D eigenvalue weighted by Gasteiger charge is 2.39. The van der Waals surface area contributed by atoms with Crippen LogP contribution < -0.4 is 10.1 Å². The number of piperidine rings is 1. The number of likely N-dealkylation sites (N-methyl/N-ethyl adjacent to an activating group) is 1. The lowest BCUT2D eigenvalue weighted by Crippen LogP contribution is -2.38. The fourth-order valence-electron chi connectivity index (χ4n) is 7.20. The number of nitriles is 2. The molecule has 2 saturated heterocycles. The molecule has 2 aromatic heterocycles. The summed E-state index contributed by atoms with van der Waals surface area (Å²) in [6.45, 7) is 4.17. The Morgan fingerprint density at radius 2 is 1.67 bits per heavy atom. The molecule has 0 unspecified atom stereocenters. The van der Waals surface area contributed by atoms with Crippen molar-refractivity contribution in [3.8, 4) is 29.1 Å². The summed E-state index contributed by atoms with van der Waals surface area (Å²) in [5, 5.41) is 44.8. The van der Waals surface area contributed by atoms with E-state index in [2.05, 4.69) is 29.4 Å². The van der Waals surface area contributed by atoms with Crippen LogP contribution in [0.25, 0.3) is 43.7 Å². The third-order valence-electron chi connectivity index (χ3n) is 9.95. The van der Waals surface area contributed by atoms with Crippen LogP contribution in [0.5, 0.6) is 5.88 Å². The van der Waals surface area contributed by atoms with Crippen LogP contribution in [0.1, 0.15) is 49.3 Å². The number of carboxylic acids is 2. The highest BCUT2D eigenvalue weighted by Crippen LogP contribution is 2.42. The molecule has 3 N–H and O–H groups in total. The molecular weight excluding hydrogens is 779 g/mol. The Morgan fingerprint density at radius 3 is 2.26 bits per heavy atom. The van der Waals surface area contributed by atoms with E-state index in [1.54, 1.807) is 12.3 Å². The first-order valence-corrected chi connectivity index (χ1v) is 17.8. The van der Waals surface area contributed by atoms with Gasteiger partial charge in [0.1, 0.15) is 12.1 Å². The topological polar surface area (TPSA) is 177 Å². The van der Waals surface area contributed by atoms with E-state index in [1.807, 2.05) is 48.0 Å². The van der Waals surface area contributed by atoms with E-state index in [-0.39, 0.29) is 23.6 Å². The van der Waals surface area contributed by atoms with Crippen LogP contribution in [-0.2, 0) is 9.59 Å². The standard InChI is InChI=1S/C35H34FN7O.2C2HF3O2/c1-21-16-28-33(32(36)30(21)27-10-4-7-22-6-3-8-23(18-38)31(22)27)41-35(44-20-26-9-5-15-42(26)2)29-19-40-43(34(28)29)25-12-14-39-24(17-25)11-13-37;2*3-2(4,5)1(6)7/h3-4,6-8,10,16,19,24-26,39H,5,9,11-12,14-15,17,20H2,1-2H3;2*(H,6,7)/t24-,25+,26+;;/m1../s1. The van der Waals surface area contributed by atoms with Gasteiger partial charge in [-0.15, -0.1) is 0 Å². The number of fused-ring (bicyclic) bond motifs is 4. The van der Waals surface area contributed by atoms with Gasteiger partial charge >= 0.3 is 24.3 Å². The fourth-order valence-corrected chi connectivity index (χ4v) is 7.20. The number of hydrogen-bond acceptors (Lipinski definition) is 9. The lowest BCUT2D eigenvalue weighted by Gasteiger charge is -2.30. The molecule has 3 atom stereocenters. The van der Waals surface area contributed by atoms with Crippen molar-refractivity contribution in [2.45, 2.75) is 69.5 Å². The van der Waals surface area contributed by atoms with Crippen LogP contribution in [0.4, 0.5) is 30.7 Å². The SMILES string of the molecule is Cc1cc2c(nc(OC[C@@H]3CCCN3C)c3cnn([C@H]4CCN[C@H](CC#N)C4)c32)c(F)c1-c1cccc2cccc(C#N)c12.O=C(O)C(F)(F)F.O=C(O)C(F)(F)F. The Labute approximate surface area is 326 Å². The molecule has 3 aromatic carbocycles. The van der Waals surface area contributed by atoms with E-state index in [4.69, 9.17) is 34.6 Å². The maximum Gasteiger partial charge on any atom is 0.490 e. The van der Waals surface area contributed by atoms with Gasteiger partial charge in [0.25, 0.3) is 0 Å². The molecule has 0 amide bonds. The normalized spacial score (nSPS) is 18.4. The molecule has 58 heavy (non-hydrogen) atoms. The molecule has 0 spiro atoms. The minimum Gasteiger partial charge on any atom is -0.475 e. The predicted octanol–water partition coefficient (Wildman–Crippen LogP) is 7.67. The van der Waals surface area contributed by atoms with Gasteiger partial charge in [-0.2, -0.15) is 42.0 Å². The zero-order valence-corrected chi connectivity index (χ0v) is 31.0. The van der Waals surface area contributed by atoms with Crippen LogP contribution in [-0.4, -0.2) is 93.0 Å². The van der Waals surface area contributed by atoms with Crippen molar-refractivity contribution in [1.82, 2.24) is 25.0 Å². The molecule has 0 aliphatic carbocycles. The van der Waals surface area contributed by atoms with Crippen molar-refractivity contribution in [3.63, 3.8) is 0 Å². The second-order valence-electron chi connectivity index (χ2n) is 13.8. The molecule has 7 rings (SSSR count). The first kappa shape index (κ1) is 43.1. The minimum atomic E-state index is -5.08. The number of carbonyl (C=O) groups is 2. The van der Waals surface area contributed by atoms with Crippen LogP contribution in [0.2, 0.25) is 0 Å². The smallest absolute Gasteiger partial charge is 0.475 e. The van der Waals surface area contributed by atoms with E-state index in [1.165, 1.54) is 0 Å². The molecule has 4 heterocycles. The summed E-state index contributed by atoms with van der Waals surface area (Å²) in [6.07, 6.45) is -4.19. The van der Waals surface area contributed by atoms with Gasteiger partial charge in [0.05, 0.1) is 47.3 Å². The maximum absolute atomic E-state index is 17.0. The van der Waals surface area contributed by atoms with E-state index in [0.29, 0.717) is 41.0 Å². The number of pyridine rings is 1. The van der Waals surface area contributed by atoms with Gasteiger partial charge in [0.2, 0.25) is 5.88 Å². The second kappa shape index (κ2) is 17.6. The second-order valence-corrected chi connectivity index (χ2v) is 13.8. The molecule has 2 aliphatic heterocycles. The highest BCUT2D eigenvalue weighted by molar-refractivity contribution is 6.09. The molecule has 2 fully saturated rings. The first-order valence-electron chi connectivity index (χ1n) is 17.8. The van der Waals surface area contributed by atoms with Crippen LogP contribution in [0.15, 0.2) is 48.7 Å². The molecule has 0 saturated carbocycles. The maximum atomic E-state index is 17.0. The lowest BCUT2D eigenvalue weighted by atomic mass is 9.91. The number of hydrogen-bond donors (Lipinski definition) is 3. The van der Waals surface area contributed by atoms with Crippen LogP contribution >= 0.6 is 0 Å². The Morgan fingerprint density at radius 1 is 1.02 bits per heavy atom. The summed E-state index contributed by atoms with van der Waals surface area (Å²) >= 11 is 0. The number of nitrogens with one attached hydrogen (secondary N) is 1. The summed E-state index contributed by atoms with van der Waals surface area (Å²) in [6, 6.07) is 18.2. The summed E-state index contributed by atoms with van der Waals surface area (Å²) in [4.78, 5) is 24.9. The van der Waals surface area contributed by atoms with E-state index in [0.717, 1.165) is 66.0 Å². The number of benzene rings is 3. The van der Waals surface area contributed by atoms with Crippen molar-refractivity contribution in [2.75, 3.05) is 26.7 Å². The number of alkyl halides is 6. The number of aromatic nitrogens is 3. The Bertz CT molecular complexity index is 2390. The highest BCUT2D eigenvalue weighted by atomic mass is 19.4. The average molecular weight is 816 g/mol. The first-order chi connectivity index (χ1) is 27.4. The number of aryl methyl sites for hydroxylation is 1. The third-order valence-corrected chi connectivity index (χ3v) is 9.95. The summed E-state index contributed by atoms with van der Waals surface area (Å²) in [5.74, 6) is -5.57. The molecule has 5 aromatic rings. The van der Waals surface area contributed by atoms with Gasteiger partial charge in [0.15, 0.2) is 5.82 Å². The fraction of sp³-hybridized carbons (Fsp3) is 0.385. The van der Waals surface area contributed by atoms with E-state index < -0.39 is 30.1 Å². The number of rotatable bonds is 6. The summed E-state index contributed by atoms with van der Waals surface area (Å²) in [5.41, 5.74) is 3.38. The average Bonchev–Trinajstić information content (AvgIpc) is 3.80. The third kappa shape index (κ3) is 9.38. The van der Waals surface area contributed by atoms with Gasteiger partial charge in [-0.05, 0) is 81.4 Å². The number of nitrogens with zero attached hydrogens (tertiary/aromatic N) is 6. The van der Waals surface area contributed by atoms with Gasteiger partial charge in [-0.3, -0.25) is 4.68 Å².